The summed E-state index contributed by atoms with van der Waals surface area (Å²) in [5, 5.41) is 10.0. The van der Waals surface area contributed by atoms with Crippen molar-refractivity contribution < 1.29 is 4.39 Å². The van der Waals surface area contributed by atoms with Crippen LogP contribution in [0.4, 0.5) is 4.39 Å². The van der Waals surface area contributed by atoms with E-state index >= 15 is 0 Å². The predicted octanol–water partition coefficient (Wildman–Crippen LogP) is 3.02. The quantitative estimate of drug-likeness (QED) is 0.821. The summed E-state index contributed by atoms with van der Waals surface area (Å²) in [6, 6.07) is 6.63. The molecular weight excluding hydrogens is 247 g/mol. The van der Waals surface area contributed by atoms with Gasteiger partial charge < -0.3 is 0 Å². The minimum Gasteiger partial charge on any atom is -0.297 e. The highest BCUT2D eigenvalue weighted by molar-refractivity contribution is 8.00. The molecule has 2 unspecified atom stereocenters. The van der Waals surface area contributed by atoms with E-state index in [4.69, 9.17) is 5.26 Å². The van der Waals surface area contributed by atoms with Crippen molar-refractivity contribution in [3.8, 4) is 6.07 Å². The van der Waals surface area contributed by atoms with E-state index in [1.807, 2.05) is 11.8 Å². The van der Waals surface area contributed by atoms with Gasteiger partial charge in [-0.2, -0.15) is 17.0 Å². The molecular formula is C14H17FN2S. The summed E-state index contributed by atoms with van der Waals surface area (Å²) < 4.78 is 13.7. The van der Waals surface area contributed by atoms with Gasteiger partial charge in [0, 0.05) is 35.7 Å². The number of thioether (sulfide) groups is 1. The average molecular weight is 264 g/mol. The highest BCUT2D eigenvalue weighted by atomic mass is 32.2. The summed E-state index contributed by atoms with van der Waals surface area (Å²) in [4.78, 5) is 2.27. The zero-order valence-corrected chi connectivity index (χ0v) is 11.5. The maximum atomic E-state index is 13.7. The molecule has 1 aliphatic rings. The molecule has 0 aromatic heterocycles. The first-order chi connectivity index (χ1) is 8.58. The third-order valence-corrected chi connectivity index (χ3v) is 4.29. The molecule has 2 atom stereocenters. The lowest BCUT2D eigenvalue weighted by Gasteiger charge is -2.34. The molecule has 1 aliphatic heterocycles. The van der Waals surface area contributed by atoms with E-state index in [1.54, 1.807) is 6.07 Å². The van der Waals surface area contributed by atoms with E-state index in [0.29, 0.717) is 28.2 Å². The van der Waals surface area contributed by atoms with E-state index in [-0.39, 0.29) is 5.82 Å². The van der Waals surface area contributed by atoms with E-state index in [1.165, 1.54) is 12.1 Å². The summed E-state index contributed by atoms with van der Waals surface area (Å²) >= 11 is 1.98. The van der Waals surface area contributed by atoms with Crippen molar-refractivity contribution >= 4 is 11.8 Å². The van der Waals surface area contributed by atoms with Gasteiger partial charge in [-0.3, -0.25) is 4.90 Å². The lowest BCUT2D eigenvalue weighted by atomic mass is 10.1. The number of halogens is 1. The molecule has 0 radical (unpaired) electrons. The maximum Gasteiger partial charge on any atom is 0.127 e. The van der Waals surface area contributed by atoms with E-state index in [9.17, 15) is 4.39 Å². The molecule has 1 aromatic rings. The standard InChI is InChI=1S/C14H17FN2S/c1-10-7-17(8-11(2)18-10)9-13-5-12(6-16)3-4-14(13)15/h3-5,10-11H,7-9H2,1-2H3. The SMILES string of the molecule is CC1CN(Cc2cc(C#N)ccc2F)CC(C)S1. The van der Waals surface area contributed by atoms with Crippen LogP contribution in [0.1, 0.15) is 25.0 Å². The summed E-state index contributed by atoms with van der Waals surface area (Å²) in [7, 11) is 0. The van der Waals surface area contributed by atoms with Crippen molar-refractivity contribution in [1.29, 1.82) is 5.26 Å². The molecule has 96 valence electrons. The van der Waals surface area contributed by atoms with Crippen molar-refractivity contribution in [2.45, 2.75) is 30.9 Å². The monoisotopic (exact) mass is 264 g/mol. The minimum absolute atomic E-state index is 0.215. The zero-order chi connectivity index (χ0) is 13.1. The highest BCUT2D eigenvalue weighted by Crippen LogP contribution is 2.26. The Hall–Kier alpha value is -1.05. The third kappa shape index (κ3) is 3.24. The number of rotatable bonds is 2. The molecule has 0 spiro atoms. The molecule has 1 aromatic carbocycles. The highest BCUT2D eigenvalue weighted by Gasteiger charge is 2.22. The molecule has 1 heterocycles. The Morgan fingerprint density at radius 2 is 2.06 bits per heavy atom. The zero-order valence-electron chi connectivity index (χ0n) is 10.7. The average Bonchev–Trinajstić information content (AvgIpc) is 2.30. The van der Waals surface area contributed by atoms with Crippen LogP contribution in [0.5, 0.6) is 0 Å². The maximum absolute atomic E-state index is 13.7. The number of benzene rings is 1. The summed E-state index contributed by atoms with van der Waals surface area (Å²) in [6.45, 7) is 6.96. The van der Waals surface area contributed by atoms with Crippen LogP contribution in [-0.2, 0) is 6.54 Å². The fourth-order valence-corrected chi connectivity index (χ4v) is 3.81. The molecule has 0 N–H and O–H groups in total. The normalized spacial score (nSPS) is 24.8. The number of hydrogen-bond donors (Lipinski definition) is 0. The van der Waals surface area contributed by atoms with Gasteiger partial charge in [0.2, 0.25) is 0 Å². The van der Waals surface area contributed by atoms with Gasteiger partial charge in [-0.1, -0.05) is 13.8 Å². The molecule has 1 fully saturated rings. The molecule has 4 heteroatoms. The van der Waals surface area contributed by atoms with Gasteiger partial charge in [-0.25, -0.2) is 4.39 Å². The third-order valence-electron chi connectivity index (χ3n) is 3.06. The molecule has 0 amide bonds. The molecule has 0 bridgehead atoms. The van der Waals surface area contributed by atoms with E-state index < -0.39 is 0 Å². The van der Waals surface area contributed by atoms with Crippen LogP contribution in [0.2, 0.25) is 0 Å². The molecule has 18 heavy (non-hydrogen) atoms. The van der Waals surface area contributed by atoms with Crippen LogP contribution in [0.15, 0.2) is 18.2 Å². The van der Waals surface area contributed by atoms with Crippen molar-refractivity contribution in [2.24, 2.45) is 0 Å². The molecule has 0 saturated carbocycles. The van der Waals surface area contributed by atoms with Gasteiger partial charge in [-0.15, -0.1) is 0 Å². The molecule has 2 rings (SSSR count). The van der Waals surface area contributed by atoms with E-state index in [0.717, 1.165) is 13.1 Å². The van der Waals surface area contributed by atoms with Crippen LogP contribution < -0.4 is 0 Å². The second-order valence-corrected chi connectivity index (χ2v) is 6.75. The first kappa shape index (κ1) is 13.4. The number of nitriles is 1. The van der Waals surface area contributed by atoms with Crippen molar-refractivity contribution in [1.82, 2.24) is 4.90 Å². The Balaban J connectivity index is 2.11. The summed E-state index contributed by atoms with van der Waals surface area (Å²) in [5.74, 6) is -0.215. The van der Waals surface area contributed by atoms with Gasteiger partial charge in [0.05, 0.1) is 11.6 Å². The fourth-order valence-electron chi connectivity index (χ4n) is 2.42. The Morgan fingerprint density at radius 3 is 2.67 bits per heavy atom. The van der Waals surface area contributed by atoms with Crippen molar-refractivity contribution in [3.05, 3.63) is 35.1 Å². The van der Waals surface area contributed by atoms with Gasteiger partial charge in [0.25, 0.3) is 0 Å². The van der Waals surface area contributed by atoms with Gasteiger partial charge in [-0.05, 0) is 18.2 Å². The van der Waals surface area contributed by atoms with Gasteiger partial charge >= 0.3 is 0 Å². The first-order valence-electron chi connectivity index (χ1n) is 6.15. The number of nitrogens with zero attached hydrogens (tertiary/aromatic N) is 2. The lowest BCUT2D eigenvalue weighted by Crippen LogP contribution is -2.39. The smallest absolute Gasteiger partial charge is 0.127 e. The Morgan fingerprint density at radius 1 is 1.39 bits per heavy atom. The molecule has 1 saturated heterocycles. The topological polar surface area (TPSA) is 27.0 Å². The van der Waals surface area contributed by atoms with Crippen LogP contribution in [0, 0.1) is 17.1 Å². The minimum atomic E-state index is -0.215. The van der Waals surface area contributed by atoms with Crippen LogP contribution in [-0.4, -0.2) is 28.5 Å². The largest absolute Gasteiger partial charge is 0.297 e. The van der Waals surface area contributed by atoms with Gasteiger partial charge in [0.1, 0.15) is 5.82 Å². The summed E-state index contributed by atoms with van der Waals surface area (Å²) in [6.07, 6.45) is 0. The first-order valence-corrected chi connectivity index (χ1v) is 7.09. The van der Waals surface area contributed by atoms with Gasteiger partial charge in [0.15, 0.2) is 0 Å². The fraction of sp³-hybridized carbons (Fsp3) is 0.500. The second-order valence-electron chi connectivity index (χ2n) is 4.87. The lowest BCUT2D eigenvalue weighted by molar-refractivity contribution is 0.259. The number of hydrogen-bond acceptors (Lipinski definition) is 3. The Bertz CT molecular complexity index is 459. The van der Waals surface area contributed by atoms with E-state index in [2.05, 4.69) is 24.8 Å². The molecule has 0 aliphatic carbocycles. The Kier molecular flexibility index (Phi) is 4.26. The van der Waals surface area contributed by atoms with Crippen LogP contribution >= 0.6 is 11.8 Å². The van der Waals surface area contributed by atoms with Crippen LogP contribution in [0.3, 0.4) is 0 Å². The molecule has 2 nitrogen and oxygen atoms in total. The second kappa shape index (κ2) is 5.73. The van der Waals surface area contributed by atoms with Crippen molar-refractivity contribution in [3.63, 3.8) is 0 Å². The predicted molar refractivity (Wildman–Crippen MR) is 72.9 cm³/mol. The van der Waals surface area contributed by atoms with Crippen LogP contribution in [0.25, 0.3) is 0 Å². The summed E-state index contributed by atoms with van der Waals surface area (Å²) in [5.41, 5.74) is 1.15. The van der Waals surface area contributed by atoms with Crippen molar-refractivity contribution in [2.75, 3.05) is 13.1 Å². The Labute approximate surface area is 112 Å².